The van der Waals surface area contributed by atoms with Gasteiger partial charge in [-0.25, -0.2) is 4.79 Å². The maximum absolute atomic E-state index is 11.9. The first-order valence-corrected chi connectivity index (χ1v) is 7.57. The van der Waals surface area contributed by atoms with E-state index < -0.39 is 12.0 Å². The molecule has 1 aromatic carbocycles. The molecule has 1 aromatic rings. The number of aryl methyl sites for hydroxylation is 2. The molecule has 0 aliphatic carbocycles. The molecular weight excluding hydrogens is 266 g/mol. The first-order chi connectivity index (χ1) is 9.97. The van der Waals surface area contributed by atoms with Crippen LogP contribution in [-0.2, 0) is 22.4 Å². The van der Waals surface area contributed by atoms with Crippen LogP contribution in [0.15, 0.2) is 24.3 Å². The van der Waals surface area contributed by atoms with E-state index in [1.165, 1.54) is 5.56 Å². The Morgan fingerprint density at radius 2 is 1.71 bits per heavy atom. The number of hydrogen-bond donors (Lipinski definition) is 2. The van der Waals surface area contributed by atoms with E-state index in [9.17, 15) is 9.59 Å². The average Bonchev–Trinajstić information content (AvgIpc) is 2.50. The van der Waals surface area contributed by atoms with Crippen molar-refractivity contribution in [3.8, 4) is 0 Å². The number of nitrogens with one attached hydrogen (secondary N) is 1. The largest absolute Gasteiger partial charge is 0.480 e. The van der Waals surface area contributed by atoms with Crippen LogP contribution in [0.25, 0.3) is 0 Å². The molecule has 0 radical (unpaired) electrons. The summed E-state index contributed by atoms with van der Waals surface area (Å²) in [7, 11) is 0. The first kappa shape index (κ1) is 17.2. The van der Waals surface area contributed by atoms with Crippen molar-refractivity contribution in [2.45, 2.75) is 52.5 Å². The van der Waals surface area contributed by atoms with Gasteiger partial charge in [0.2, 0.25) is 5.91 Å². The van der Waals surface area contributed by atoms with E-state index in [0.29, 0.717) is 12.8 Å². The molecule has 1 amide bonds. The van der Waals surface area contributed by atoms with Crippen LogP contribution in [0, 0.1) is 5.92 Å². The second-order valence-electron chi connectivity index (χ2n) is 5.44. The van der Waals surface area contributed by atoms with E-state index in [1.807, 2.05) is 26.0 Å². The lowest BCUT2D eigenvalue weighted by atomic mass is 9.99. The van der Waals surface area contributed by atoms with Crippen molar-refractivity contribution in [2.24, 2.45) is 5.92 Å². The molecule has 0 aliphatic rings. The van der Waals surface area contributed by atoms with E-state index in [4.69, 9.17) is 5.11 Å². The highest BCUT2D eigenvalue weighted by atomic mass is 16.4. The van der Waals surface area contributed by atoms with Crippen molar-refractivity contribution < 1.29 is 14.7 Å². The monoisotopic (exact) mass is 291 g/mol. The van der Waals surface area contributed by atoms with Gasteiger partial charge in [0.15, 0.2) is 0 Å². The summed E-state index contributed by atoms with van der Waals surface area (Å²) in [6, 6.07) is 7.37. The van der Waals surface area contributed by atoms with Gasteiger partial charge in [-0.2, -0.15) is 0 Å². The predicted molar refractivity (Wildman–Crippen MR) is 83.2 cm³/mol. The van der Waals surface area contributed by atoms with E-state index >= 15 is 0 Å². The van der Waals surface area contributed by atoms with Crippen molar-refractivity contribution in [2.75, 3.05) is 0 Å². The molecule has 21 heavy (non-hydrogen) atoms. The number of aliphatic carboxylic acids is 1. The molecule has 2 N–H and O–H groups in total. The van der Waals surface area contributed by atoms with Gasteiger partial charge in [0.1, 0.15) is 6.04 Å². The summed E-state index contributed by atoms with van der Waals surface area (Å²) in [5.41, 5.74) is 2.36. The lowest BCUT2D eigenvalue weighted by Crippen LogP contribution is -2.45. The minimum Gasteiger partial charge on any atom is -0.480 e. The van der Waals surface area contributed by atoms with Crippen molar-refractivity contribution in [3.05, 3.63) is 35.4 Å². The number of rotatable bonds is 8. The maximum Gasteiger partial charge on any atom is 0.326 e. The Labute approximate surface area is 126 Å². The summed E-state index contributed by atoms with van der Waals surface area (Å²) < 4.78 is 0. The highest BCUT2D eigenvalue weighted by molar-refractivity contribution is 5.83. The Morgan fingerprint density at radius 3 is 2.19 bits per heavy atom. The fourth-order valence-corrected chi connectivity index (χ4v) is 2.13. The summed E-state index contributed by atoms with van der Waals surface area (Å²) in [5.74, 6) is -1.25. The number of carboxylic acid groups (broad SMARTS) is 1. The van der Waals surface area contributed by atoms with Gasteiger partial charge in [0, 0.05) is 6.42 Å². The smallest absolute Gasteiger partial charge is 0.326 e. The summed E-state index contributed by atoms with van der Waals surface area (Å²) in [6.45, 7) is 5.86. The highest BCUT2D eigenvalue weighted by Gasteiger charge is 2.24. The molecule has 4 nitrogen and oxygen atoms in total. The van der Waals surface area contributed by atoms with E-state index in [1.54, 1.807) is 0 Å². The van der Waals surface area contributed by atoms with Crippen molar-refractivity contribution >= 4 is 11.9 Å². The number of amides is 1. The van der Waals surface area contributed by atoms with Gasteiger partial charge >= 0.3 is 5.97 Å². The normalized spacial score (nSPS) is 13.5. The molecule has 0 spiro atoms. The minimum absolute atomic E-state index is 0.0738. The minimum atomic E-state index is -0.968. The van der Waals surface area contributed by atoms with Gasteiger partial charge in [-0.15, -0.1) is 0 Å². The van der Waals surface area contributed by atoms with Crippen LogP contribution in [-0.4, -0.2) is 23.0 Å². The zero-order valence-electron chi connectivity index (χ0n) is 13.1. The molecule has 116 valence electrons. The second kappa shape index (κ2) is 8.45. The van der Waals surface area contributed by atoms with Gasteiger partial charge in [0.25, 0.3) is 0 Å². The summed E-state index contributed by atoms with van der Waals surface area (Å²) in [4.78, 5) is 23.1. The Bertz CT molecular complexity index is 467. The van der Waals surface area contributed by atoms with E-state index in [2.05, 4.69) is 24.4 Å². The molecule has 2 atom stereocenters. The maximum atomic E-state index is 11.9. The van der Waals surface area contributed by atoms with Crippen molar-refractivity contribution in [1.29, 1.82) is 0 Å². The fraction of sp³-hybridized carbons (Fsp3) is 0.529. The van der Waals surface area contributed by atoms with Crippen LogP contribution in [0.1, 0.15) is 44.7 Å². The summed E-state index contributed by atoms with van der Waals surface area (Å²) in [6.07, 6.45) is 2.65. The van der Waals surface area contributed by atoms with Crippen LogP contribution in [0.2, 0.25) is 0 Å². The lowest BCUT2D eigenvalue weighted by molar-refractivity contribution is -0.143. The first-order valence-electron chi connectivity index (χ1n) is 7.57. The Hall–Kier alpha value is -1.84. The molecule has 0 aliphatic heterocycles. The molecule has 0 heterocycles. The standard InChI is InChI=1S/C17H25NO3/c1-4-12(3)16(17(20)21)18-15(19)11-10-14-8-6-13(5-2)7-9-14/h6-9,12,16H,4-5,10-11H2,1-3H3,(H,18,19)(H,20,21)/t12?,16-/m0/s1. The average molecular weight is 291 g/mol. The number of carbonyl (C=O) groups is 2. The van der Waals surface area contributed by atoms with Crippen LogP contribution in [0.4, 0.5) is 0 Å². The van der Waals surface area contributed by atoms with Gasteiger partial charge in [-0.1, -0.05) is 51.5 Å². The number of benzene rings is 1. The SMILES string of the molecule is CCc1ccc(CCC(=O)N[C@H](C(=O)O)C(C)CC)cc1. The third kappa shape index (κ3) is 5.58. The third-order valence-corrected chi connectivity index (χ3v) is 3.87. The summed E-state index contributed by atoms with van der Waals surface area (Å²) in [5, 5.41) is 11.8. The van der Waals surface area contributed by atoms with E-state index in [0.717, 1.165) is 18.4 Å². The van der Waals surface area contributed by atoms with Gasteiger partial charge in [0.05, 0.1) is 0 Å². The quantitative estimate of drug-likeness (QED) is 0.774. The molecule has 0 fully saturated rings. The van der Waals surface area contributed by atoms with Gasteiger partial charge in [-0.05, 0) is 29.9 Å². The summed E-state index contributed by atoms with van der Waals surface area (Å²) >= 11 is 0. The zero-order valence-corrected chi connectivity index (χ0v) is 13.1. The molecule has 0 saturated carbocycles. The zero-order chi connectivity index (χ0) is 15.8. The second-order valence-corrected chi connectivity index (χ2v) is 5.44. The van der Waals surface area contributed by atoms with Crippen molar-refractivity contribution in [3.63, 3.8) is 0 Å². The fourth-order valence-electron chi connectivity index (χ4n) is 2.13. The Kier molecular flexibility index (Phi) is 6.92. The van der Waals surface area contributed by atoms with E-state index in [-0.39, 0.29) is 11.8 Å². The van der Waals surface area contributed by atoms with Crippen LogP contribution >= 0.6 is 0 Å². The molecule has 0 saturated heterocycles. The molecule has 1 unspecified atom stereocenters. The van der Waals surface area contributed by atoms with Gasteiger partial charge in [-0.3, -0.25) is 4.79 Å². The predicted octanol–water partition coefficient (Wildman–Crippen LogP) is 2.80. The van der Waals surface area contributed by atoms with Crippen molar-refractivity contribution in [1.82, 2.24) is 5.32 Å². The number of carbonyl (C=O) groups excluding carboxylic acids is 1. The molecule has 0 aromatic heterocycles. The Balaban J connectivity index is 2.50. The Morgan fingerprint density at radius 1 is 1.14 bits per heavy atom. The molecule has 1 rings (SSSR count). The van der Waals surface area contributed by atoms with Gasteiger partial charge < -0.3 is 10.4 Å². The molecular formula is C17H25NO3. The molecule has 4 heteroatoms. The molecule has 0 bridgehead atoms. The van der Waals surface area contributed by atoms with Crippen LogP contribution < -0.4 is 5.32 Å². The van der Waals surface area contributed by atoms with Crippen LogP contribution in [0.5, 0.6) is 0 Å². The van der Waals surface area contributed by atoms with Crippen LogP contribution in [0.3, 0.4) is 0 Å². The highest BCUT2D eigenvalue weighted by Crippen LogP contribution is 2.10. The lowest BCUT2D eigenvalue weighted by Gasteiger charge is -2.20. The topological polar surface area (TPSA) is 66.4 Å². The number of hydrogen-bond acceptors (Lipinski definition) is 2. The number of carboxylic acids is 1. The third-order valence-electron chi connectivity index (χ3n) is 3.87.